The minimum atomic E-state index is 0.475. The average Bonchev–Trinajstić information content (AvgIpc) is 2.76. The van der Waals surface area contributed by atoms with Gasteiger partial charge in [-0.1, -0.05) is 18.0 Å². The second-order valence-electron chi connectivity index (χ2n) is 5.22. The van der Waals surface area contributed by atoms with Crippen LogP contribution in [0, 0.1) is 5.92 Å². The summed E-state index contributed by atoms with van der Waals surface area (Å²) in [6.07, 6.45) is 7.69. The van der Waals surface area contributed by atoms with Crippen molar-refractivity contribution in [3.63, 3.8) is 0 Å². The predicted molar refractivity (Wildman–Crippen MR) is 80.9 cm³/mol. The van der Waals surface area contributed by atoms with Gasteiger partial charge in [-0.25, -0.2) is 9.98 Å². The third-order valence-electron chi connectivity index (χ3n) is 3.67. The molecular weight excluding hydrogens is 274 g/mol. The number of aliphatic imine (C=N–C) groups is 1. The van der Waals surface area contributed by atoms with Gasteiger partial charge in [-0.05, 0) is 30.9 Å². The quantitative estimate of drug-likeness (QED) is 0.670. The normalized spacial score (nSPS) is 16.4. The lowest BCUT2D eigenvalue weighted by Gasteiger charge is -2.25. The Kier molecular flexibility index (Phi) is 3.78. The summed E-state index contributed by atoms with van der Waals surface area (Å²) in [6.45, 7) is 1.40. The fourth-order valence-corrected chi connectivity index (χ4v) is 2.43. The number of nitrogens with two attached hydrogens (primary N) is 1. The lowest BCUT2D eigenvalue weighted by atomic mass is 9.85. The van der Waals surface area contributed by atoms with Crippen LogP contribution in [0.25, 0.3) is 5.65 Å². The Hall–Kier alpha value is -1.75. The zero-order chi connectivity index (χ0) is 13.9. The number of imidazole rings is 1. The van der Waals surface area contributed by atoms with E-state index in [2.05, 4.69) is 15.3 Å². The van der Waals surface area contributed by atoms with Crippen molar-refractivity contribution in [3.05, 3.63) is 35.2 Å². The number of hydrogen-bond acceptors (Lipinski definition) is 2. The molecule has 1 fully saturated rings. The van der Waals surface area contributed by atoms with E-state index in [9.17, 15) is 0 Å². The third kappa shape index (κ3) is 3.04. The molecule has 2 aromatic heterocycles. The van der Waals surface area contributed by atoms with Crippen molar-refractivity contribution in [2.24, 2.45) is 16.6 Å². The van der Waals surface area contributed by atoms with Gasteiger partial charge in [0.1, 0.15) is 5.65 Å². The van der Waals surface area contributed by atoms with E-state index in [0.29, 0.717) is 17.5 Å². The van der Waals surface area contributed by atoms with E-state index in [1.165, 1.54) is 19.3 Å². The van der Waals surface area contributed by atoms with Crippen LogP contribution in [-0.4, -0.2) is 21.9 Å². The lowest BCUT2D eigenvalue weighted by molar-refractivity contribution is 0.315. The molecule has 1 aliphatic rings. The van der Waals surface area contributed by atoms with E-state index in [0.717, 1.165) is 23.8 Å². The lowest BCUT2D eigenvalue weighted by Crippen LogP contribution is -2.37. The van der Waals surface area contributed by atoms with Gasteiger partial charge in [0, 0.05) is 18.9 Å². The Labute approximate surface area is 122 Å². The fraction of sp³-hybridized carbons (Fsp3) is 0.429. The number of aromatic nitrogens is 2. The van der Waals surface area contributed by atoms with E-state index in [1.54, 1.807) is 0 Å². The highest BCUT2D eigenvalue weighted by molar-refractivity contribution is 6.30. The summed E-state index contributed by atoms with van der Waals surface area (Å²) in [7, 11) is 0. The standard InChI is InChI=1S/C14H18ClN5/c15-11-4-5-13-19-12(9-20(13)8-11)7-18-14(16)17-6-10-2-1-3-10/h4-5,8-10H,1-3,6-7H2,(H3,16,17,18). The van der Waals surface area contributed by atoms with Crippen LogP contribution in [0.15, 0.2) is 29.5 Å². The molecule has 0 unspecified atom stereocenters. The number of nitrogens with zero attached hydrogens (tertiary/aromatic N) is 3. The molecule has 20 heavy (non-hydrogen) atoms. The molecule has 2 heterocycles. The van der Waals surface area contributed by atoms with E-state index in [1.807, 2.05) is 28.9 Å². The largest absolute Gasteiger partial charge is 0.370 e. The molecule has 3 N–H and O–H groups in total. The molecule has 1 aliphatic carbocycles. The number of pyridine rings is 1. The van der Waals surface area contributed by atoms with E-state index in [-0.39, 0.29) is 0 Å². The van der Waals surface area contributed by atoms with Crippen LogP contribution in [0.3, 0.4) is 0 Å². The molecule has 106 valence electrons. The van der Waals surface area contributed by atoms with Gasteiger partial charge < -0.3 is 15.5 Å². The maximum absolute atomic E-state index is 5.94. The van der Waals surface area contributed by atoms with Gasteiger partial charge in [0.05, 0.1) is 17.3 Å². The van der Waals surface area contributed by atoms with Crippen LogP contribution < -0.4 is 11.1 Å². The van der Waals surface area contributed by atoms with Gasteiger partial charge >= 0.3 is 0 Å². The highest BCUT2D eigenvalue weighted by atomic mass is 35.5. The number of nitrogens with one attached hydrogen (secondary N) is 1. The summed E-state index contributed by atoms with van der Waals surface area (Å²) in [5.41, 5.74) is 7.59. The molecule has 0 amide bonds. The molecule has 0 saturated heterocycles. The summed E-state index contributed by atoms with van der Waals surface area (Å²) >= 11 is 5.94. The maximum Gasteiger partial charge on any atom is 0.188 e. The van der Waals surface area contributed by atoms with Gasteiger partial charge in [-0.3, -0.25) is 0 Å². The first-order valence-corrected chi connectivity index (χ1v) is 7.25. The van der Waals surface area contributed by atoms with Crippen LogP contribution >= 0.6 is 11.6 Å². The summed E-state index contributed by atoms with van der Waals surface area (Å²) < 4.78 is 1.89. The van der Waals surface area contributed by atoms with Crippen molar-refractivity contribution in [1.82, 2.24) is 14.7 Å². The van der Waals surface area contributed by atoms with Gasteiger partial charge in [0.2, 0.25) is 0 Å². The van der Waals surface area contributed by atoms with Gasteiger partial charge in [-0.2, -0.15) is 0 Å². The van der Waals surface area contributed by atoms with Crippen LogP contribution in [0.5, 0.6) is 0 Å². The van der Waals surface area contributed by atoms with Gasteiger partial charge in [0.25, 0.3) is 0 Å². The molecule has 1 saturated carbocycles. The average molecular weight is 292 g/mol. The minimum absolute atomic E-state index is 0.475. The molecule has 0 spiro atoms. The summed E-state index contributed by atoms with van der Waals surface area (Å²) in [6, 6.07) is 3.71. The van der Waals surface area contributed by atoms with E-state index in [4.69, 9.17) is 17.3 Å². The van der Waals surface area contributed by atoms with Crippen molar-refractivity contribution in [1.29, 1.82) is 0 Å². The van der Waals surface area contributed by atoms with Crippen molar-refractivity contribution < 1.29 is 0 Å². The van der Waals surface area contributed by atoms with E-state index < -0.39 is 0 Å². The Morgan fingerprint density at radius 3 is 3.05 bits per heavy atom. The third-order valence-corrected chi connectivity index (χ3v) is 3.90. The smallest absolute Gasteiger partial charge is 0.188 e. The first-order valence-electron chi connectivity index (χ1n) is 6.87. The van der Waals surface area contributed by atoms with Crippen LogP contribution in [0.2, 0.25) is 5.02 Å². The van der Waals surface area contributed by atoms with Crippen molar-refractivity contribution in [2.45, 2.75) is 25.8 Å². The molecule has 0 bridgehead atoms. The Bertz CT molecular complexity index is 630. The molecule has 5 nitrogen and oxygen atoms in total. The fourth-order valence-electron chi connectivity index (χ4n) is 2.26. The first kappa shape index (κ1) is 13.2. The molecule has 0 atom stereocenters. The number of rotatable bonds is 4. The van der Waals surface area contributed by atoms with Crippen molar-refractivity contribution >= 4 is 23.2 Å². The Morgan fingerprint density at radius 1 is 1.45 bits per heavy atom. The monoisotopic (exact) mass is 291 g/mol. The zero-order valence-corrected chi connectivity index (χ0v) is 12.0. The highest BCUT2D eigenvalue weighted by Gasteiger charge is 2.16. The maximum atomic E-state index is 5.94. The van der Waals surface area contributed by atoms with Crippen LogP contribution in [0.4, 0.5) is 0 Å². The summed E-state index contributed by atoms with van der Waals surface area (Å²) in [5, 5.41) is 3.86. The van der Waals surface area contributed by atoms with Gasteiger partial charge in [-0.15, -0.1) is 0 Å². The molecule has 0 aliphatic heterocycles. The minimum Gasteiger partial charge on any atom is -0.370 e. The predicted octanol–water partition coefficient (Wildman–Crippen LogP) is 2.19. The zero-order valence-electron chi connectivity index (χ0n) is 11.2. The molecular formula is C14H18ClN5. The molecule has 0 radical (unpaired) electrons. The number of hydrogen-bond donors (Lipinski definition) is 2. The van der Waals surface area contributed by atoms with Crippen LogP contribution in [0.1, 0.15) is 25.0 Å². The Morgan fingerprint density at radius 2 is 2.30 bits per heavy atom. The molecule has 3 rings (SSSR count). The number of fused-ring (bicyclic) bond motifs is 1. The number of guanidine groups is 1. The second-order valence-corrected chi connectivity index (χ2v) is 5.66. The summed E-state index contributed by atoms with van der Waals surface area (Å²) in [4.78, 5) is 8.78. The van der Waals surface area contributed by atoms with Crippen molar-refractivity contribution in [2.75, 3.05) is 6.54 Å². The summed E-state index contributed by atoms with van der Waals surface area (Å²) in [5.74, 6) is 1.26. The second kappa shape index (κ2) is 5.71. The van der Waals surface area contributed by atoms with E-state index >= 15 is 0 Å². The topological polar surface area (TPSA) is 67.7 Å². The van der Waals surface area contributed by atoms with Crippen molar-refractivity contribution in [3.8, 4) is 0 Å². The molecule has 2 aromatic rings. The number of halogens is 1. The SMILES string of the molecule is NC(=NCc1cn2cc(Cl)ccc2n1)NCC1CCC1. The Balaban J connectivity index is 1.60. The first-order chi connectivity index (χ1) is 9.70. The highest BCUT2D eigenvalue weighted by Crippen LogP contribution is 2.24. The van der Waals surface area contributed by atoms with Gasteiger partial charge in [0.15, 0.2) is 5.96 Å². The molecule has 0 aromatic carbocycles. The molecule has 6 heteroatoms. The van der Waals surface area contributed by atoms with Crippen LogP contribution in [-0.2, 0) is 6.54 Å².